The van der Waals surface area contributed by atoms with E-state index in [4.69, 9.17) is 11.6 Å². The van der Waals surface area contributed by atoms with Crippen molar-refractivity contribution in [3.8, 4) is 0 Å². The van der Waals surface area contributed by atoms with E-state index in [0.29, 0.717) is 12.2 Å². The molecule has 16 heavy (non-hydrogen) atoms. The third kappa shape index (κ3) is 2.16. The van der Waals surface area contributed by atoms with Crippen molar-refractivity contribution in [2.24, 2.45) is 0 Å². The highest BCUT2D eigenvalue weighted by Gasteiger charge is 2.27. The first-order valence-corrected chi connectivity index (χ1v) is 5.32. The van der Waals surface area contributed by atoms with Crippen LogP contribution in [-0.2, 0) is 4.79 Å². The quantitative estimate of drug-likeness (QED) is 0.758. The molecule has 1 aliphatic rings. The SMILES string of the molecule is O=C1CCN(c2ccc(F)cc2Cl)CC1F. The predicted molar refractivity (Wildman–Crippen MR) is 58.1 cm³/mol. The number of halogens is 3. The minimum absolute atomic E-state index is 0.00974. The summed E-state index contributed by atoms with van der Waals surface area (Å²) in [6.07, 6.45) is -1.32. The molecule has 1 fully saturated rings. The molecule has 86 valence electrons. The second-order valence-electron chi connectivity index (χ2n) is 3.73. The molecule has 1 aliphatic heterocycles. The topological polar surface area (TPSA) is 20.3 Å². The van der Waals surface area contributed by atoms with Crippen molar-refractivity contribution in [3.05, 3.63) is 29.0 Å². The van der Waals surface area contributed by atoms with E-state index in [1.807, 2.05) is 0 Å². The van der Waals surface area contributed by atoms with E-state index in [2.05, 4.69) is 0 Å². The summed E-state index contributed by atoms with van der Waals surface area (Å²) in [7, 11) is 0. The molecule has 1 aromatic rings. The Morgan fingerprint density at radius 3 is 2.81 bits per heavy atom. The molecule has 1 aromatic carbocycles. The first-order chi connectivity index (χ1) is 7.58. The van der Waals surface area contributed by atoms with Gasteiger partial charge in [-0.15, -0.1) is 0 Å². The zero-order valence-corrected chi connectivity index (χ0v) is 9.18. The van der Waals surface area contributed by atoms with Gasteiger partial charge in [0, 0.05) is 13.0 Å². The molecule has 0 spiro atoms. The van der Waals surface area contributed by atoms with Gasteiger partial charge in [-0.2, -0.15) is 0 Å². The third-order valence-electron chi connectivity index (χ3n) is 2.61. The Morgan fingerprint density at radius 1 is 1.44 bits per heavy atom. The Balaban J connectivity index is 2.21. The predicted octanol–water partition coefficient (Wildman–Crippen LogP) is 2.60. The molecule has 0 saturated carbocycles. The summed E-state index contributed by atoms with van der Waals surface area (Å²) in [6.45, 7) is 0.411. The van der Waals surface area contributed by atoms with Gasteiger partial charge in [0.25, 0.3) is 0 Å². The molecule has 1 heterocycles. The molecular weight excluding hydrogens is 236 g/mol. The fourth-order valence-electron chi connectivity index (χ4n) is 1.74. The maximum atomic E-state index is 13.2. The number of rotatable bonds is 1. The van der Waals surface area contributed by atoms with Crippen molar-refractivity contribution in [2.75, 3.05) is 18.0 Å². The van der Waals surface area contributed by atoms with Crippen LogP contribution in [0.15, 0.2) is 18.2 Å². The van der Waals surface area contributed by atoms with Crippen molar-refractivity contribution in [1.82, 2.24) is 0 Å². The average molecular weight is 246 g/mol. The molecule has 0 aromatic heterocycles. The van der Waals surface area contributed by atoms with E-state index >= 15 is 0 Å². The lowest BCUT2D eigenvalue weighted by molar-refractivity contribution is -0.124. The minimum Gasteiger partial charge on any atom is -0.366 e. The van der Waals surface area contributed by atoms with Gasteiger partial charge < -0.3 is 4.90 Å². The number of Topliss-reactive ketones (excluding diaryl/α,β-unsaturated/α-hetero) is 1. The molecule has 5 heteroatoms. The van der Waals surface area contributed by atoms with Crippen molar-refractivity contribution in [1.29, 1.82) is 0 Å². The van der Waals surface area contributed by atoms with Crippen molar-refractivity contribution < 1.29 is 13.6 Å². The largest absolute Gasteiger partial charge is 0.366 e. The highest BCUT2D eigenvalue weighted by molar-refractivity contribution is 6.33. The average Bonchev–Trinajstić information content (AvgIpc) is 2.22. The van der Waals surface area contributed by atoms with Gasteiger partial charge in [-0.05, 0) is 18.2 Å². The monoisotopic (exact) mass is 245 g/mol. The van der Waals surface area contributed by atoms with Crippen molar-refractivity contribution in [3.63, 3.8) is 0 Å². The number of ketones is 1. The van der Waals surface area contributed by atoms with Gasteiger partial charge >= 0.3 is 0 Å². The molecule has 1 saturated heterocycles. The number of hydrogen-bond acceptors (Lipinski definition) is 2. The van der Waals surface area contributed by atoms with Crippen LogP contribution < -0.4 is 4.90 Å². The molecule has 0 aliphatic carbocycles. The number of carbonyl (C=O) groups excluding carboxylic acids is 1. The lowest BCUT2D eigenvalue weighted by Crippen LogP contribution is -2.42. The van der Waals surface area contributed by atoms with Crippen LogP contribution in [0.25, 0.3) is 0 Å². The van der Waals surface area contributed by atoms with E-state index in [-0.39, 0.29) is 23.8 Å². The minimum atomic E-state index is -1.48. The fraction of sp³-hybridized carbons (Fsp3) is 0.364. The fourth-order valence-corrected chi connectivity index (χ4v) is 2.03. The van der Waals surface area contributed by atoms with E-state index in [9.17, 15) is 13.6 Å². The Morgan fingerprint density at radius 2 is 2.19 bits per heavy atom. The lowest BCUT2D eigenvalue weighted by atomic mass is 10.1. The van der Waals surface area contributed by atoms with Crippen molar-refractivity contribution in [2.45, 2.75) is 12.6 Å². The van der Waals surface area contributed by atoms with Gasteiger partial charge in [0.05, 0.1) is 17.3 Å². The molecule has 0 radical (unpaired) electrons. The number of carbonyl (C=O) groups is 1. The van der Waals surface area contributed by atoms with Gasteiger partial charge in [0.2, 0.25) is 0 Å². The molecule has 0 amide bonds. The zero-order chi connectivity index (χ0) is 11.7. The van der Waals surface area contributed by atoms with Gasteiger partial charge in [-0.3, -0.25) is 4.79 Å². The molecule has 1 unspecified atom stereocenters. The number of nitrogens with zero attached hydrogens (tertiary/aromatic N) is 1. The van der Waals surface area contributed by atoms with Crippen LogP contribution in [0.4, 0.5) is 14.5 Å². The van der Waals surface area contributed by atoms with Gasteiger partial charge in [0.1, 0.15) is 5.82 Å². The van der Waals surface area contributed by atoms with Crippen LogP contribution >= 0.6 is 11.6 Å². The maximum absolute atomic E-state index is 13.2. The van der Waals surface area contributed by atoms with E-state index < -0.39 is 12.0 Å². The maximum Gasteiger partial charge on any atom is 0.175 e. The van der Waals surface area contributed by atoms with E-state index in [0.717, 1.165) is 0 Å². The van der Waals surface area contributed by atoms with Gasteiger partial charge in [0.15, 0.2) is 12.0 Å². The normalized spacial score (nSPS) is 21.3. The highest BCUT2D eigenvalue weighted by Crippen LogP contribution is 2.28. The van der Waals surface area contributed by atoms with Crippen molar-refractivity contribution >= 4 is 23.1 Å². The lowest BCUT2D eigenvalue weighted by Gasteiger charge is -2.30. The number of hydrogen-bond donors (Lipinski definition) is 0. The number of anilines is 1. The Labute approximate surface area is 96.8 Å². The summed E-state index contributed by atoms with van der Waals surface area (Å²) < 4.78 is 26.0. The van der Waals surface area contributed by atoms with Crippen LogP contribution in [0.3, 0.4) is 0 Å². The molecule has 0 bridgehead atoms. The zero-order valence-electron chi connectivity index (χ0n) is 8.42. The third-order valence-corrected chi connectivity index (χ3v) is 2.91. The number of benzene rings is 1. The molecule has 2 rings (SSSR count). The van der Waals surface area contributed by atoms with E-state index in [1.165, 1.54) is 18.2 Å². The molecule has 1 atom stereocenters. The number of piperidine rings is 1. The first kappa shape index (κ1) is 11.3. The summed E-state index contributed by atoms with van der Waals surface area (Å²) in [4.78, 5) is 12.7. The van der Waals surface area contributed by atoms with Crippen LogP contribution in [-0.4, -0.2) is 25.0 Å². The van der Waals surface area contributed by atoms with Gasteiger partial charge in [-0.1, -0.05) is 11.6 Å². The summed E-state index contributed by atoms with van der Waals surface area (Å²) in [6, 6.07) is 3.95. The smallest absolute Gasteiger partial charge is 0.175 e. The second-order valence-corrected chi connectivity index (χ2v) is 4.13. The van der Waals surface area contributed by atoms with Gasteiger partial charge in [-0.25, -0.2) is 8.78 Å². The van der Waals surface area contributed by atoms with Crippen LogP contribution in [0.2, 0.25) is 5.02 Å². The summed E-state index contributed by atoms with van der Waals surface area (Å²) in [5, 5.41) is 0.238. The molecule has 0 N–H and O–H groups in total. The van der Waals surface area contributed by atoms with Crippen LogP contribution in [0.5, 0.6) is 0 Å². The molecular formula is C11H10ClF2NO. The second kappa shape index (κ2) is 4.37. The van der Waals surface area contributed by atoms with Crippen LogP contribution in [0.1, 0.15) is 6.42 Å². The molecule has 2 nitrogen and oxygen atoms in total. The number of alkyl halides is 1. The Bertz CT molecular complexity index is 424. The Kier molecular flexibility index (Phi) is 3.10. The summed E-state index contributed by atoms with van der Waals surface area (Å²) in [5.41, 5.74) is 0.568. The van der Waals surface area contributed by atoms with Crippen LogP contribution in [0, 0.1) is 5.82 Å². The standard InChI is InChI=1S/C11H10ClF2NO/c12-8-5-7(13)1-2-10(8)15-4-3-11(16)9(14)6-15/h1-2,5,9H,3-4,6H2. The first-order valence-electron chi connectivity index (χ1n) is 4.94. The Hall–Kier alpha value is -1.16. The highest BCUT2D eigenvalue weighted by atomic mass is 35.5. The summed E-state index contributed by atoms with van der Waals surface area (Å²) >= 11 is 5.86. The van der Waals surface area contributed by atoms with E-state index in [1.54, 1.807) is 4.90 Å². The summed E-state index contributed by atoms with van der Waals surface area (Å²) in [5.74, 6) is -0.812.